The molecule has 2 N–H and O–H groups in total. The molecule has 2 aliphatic heterocycles. The lowest BCUT2D eigenvalue weighted by atomic mass is 9.93. The number of carboxylic acids is 1. The molecule has 2 saturated heterocycles. The minimum atomic E-state index is -4.43. The van der Waals surface area contributed by atoms with Crippen LogP contribution in [0.3, 0.4) is 0 Å². The zero-order valence-corrected chi connectivity index (χ0v) is 42.7. The lowest BCUT2D eigenvalue weighted by molar-refractivity contribution is -0.138. The quantitative estimate of drug-likeness (QED) is 0.130. The summed E-state index contributed by atoms with van der Waals surface area (Å²) in [5, 5.41) is 11.9. The maximum atomic E-state index is 13.2. The first-order chi connectivity index (χ1) is 34.4. The first kappa shape index (κ1) is 56.4. The van der Waals surface area contributed by atoms with Gasteiger partial charge in [0, 0.05) is 37.0 Å². The standard InChI is InChI=1S/C32H35F3N2O5S.C23H24F3NO4/c1-5-43(40,41)27-16-6-21(7-17-27)19-36-29(38)24-10-8-23(9-11-24)28-18-25(20-37(28)30(39)42-31(2,3)4)22-12-14-26(15-13-22)32(33,34)35;1-22(2,3)31-21(30)27-13-17(14-8-10-18(11-9-14)23(24,25)26)12-19(27)15-4-6-16(7-5-15)20(28)29/h6-17,25,28H,5,18-20H2,1-4H3,(H,36,38);4-11,17,19H,12-13H2,1-3H3,(H,28,29). The number of halogens is 6. The van der Waals surface area contributed by atoms with Gasteiger partial charge in [-0.2, -0.15) is 26.3 Å². The van der Waals surface area contributed by atoms with Crippen molar-refractivity contribution in [1.29, 1.82) is 0 Å². The third-order valence-corrected chi connectivity index (χ3v) is 14.2. The Kier molecular flexibility index (Phi) is 17.0. The van der Waals surface area contributed by atoms with Gasteiger partial charge in [-0.1, -0.05) is 67.6 Å². The van der Waals surface area contributed by atoms with Crippen LogP contribution in [0.15, 0.2) is 126 Å². The number of sulfone groups is 1. The minimum Gasteiger partial charge on any atom is -0.478 e. The van der Waals surface area contributed by atoms with E-state index >= 15 is 0 Å². The Morgan fingerprint density at radius 2 is 0.932 bits per heavy atom. The van der Waals surface area contributed by atoms with Crippen molar-refractivity contribution in [3.63, 3.8) is 0 Å². The Balaban J connectivity index is 0.000000254. The lowest BCUT2D eigenvalue weighted by Gasteiger charge is -2.29. The molecule has 12 nitrogen and oxygen atoms in total. The number of amides is 3. The van der Waals surface area contributed by atoms with Crippen LogP contribution in [0.1, 0.15) is 145 Å². The fraction of sp³-hybridized carbons (Fsp3) is 0.382. The molecule has 0 aromatic heterocycles. The topological polar surface area (TPSA) is 160 Å². The number of rotatable bonds is 10. The average molecular weight is 1050 g/mol. The van der Waals surface area contributed by atoms with Gasteiger partial charge in [0.05, 0.1) is 39.4 Å². The summed E-state index contributed by atoms with van der Waals surface area (Å²) in [5.41, 5.74) is 1.28. The Labute approximate surface area is 426 Å². The zero-order chi connectivity index (χ0) is 54.6. The average Bonchev–Trinajstić information content (AvgIpc) is 3.99. The largest absolute Gasteiger partial charge is 0.478 e. The number of benzene rings is 5. The minimum absolute atomic E-state index is 0.00514. The van der Waals surface area contributed by atoms with Crippen LogP contribution in [0.5, 0.6) is 0 Å². The highest BCUT2D eigenvalue weighted by molar-refractivity contribution is 7.91. The molecule has 2 fully saturated rings. The second-order valence-electron chi connectivity index (χ2n) is 20.2. The number of alkyl halides is 6. The number of ether oxygens (including phenoxy) is 2. The van der Waals surface area contributed by atoms with E-state index in [-0.39, 0.29) is 59.6 Å². The van der Waals surface area contributed by atoms with Crippen molar-refractivity contribution in [3.05, 3.63) is 171 Å². The van der Waals surface area contributed by atoms with Gasteiger partial charge in [0.2, 0.25) is 0 Å². The van der Waals surface area contributed by atoms with Gasteiger partial charge in [-0.15, -0.1) is 0 Å². The van der Waals surface area contributed by atoms with Gasteiger partial charge in [-0.05, 0) is 143 Å². The highest BCUT2D eigenvalue weighted by Gasteiger charge is 2.41. The first-order valence-electron chi connectivity index (χ1n) is 23.8. The van der Waals surface area contributed by atoms with Crippen molar-refractivity contribution in [2.45, 2.75) is 120 Å². The highest BCUT2D eigenvalue weighted by atomic mass is 32.2. The number of nitrogens with zero attached hydrogens (tertiary/aromatic N) is 2. The van der Waals surface area contributed by atoms with Crippen LogP contribution in [0.25, 0.3) is 0 Å². The smallest absolute Gasteiger partial charge is 0.416 e. The number of hydrogen-bond acceptors (Lipinski definition) is 8. The molecule has 5 aromatic rings. The van der Waals surface area contributed by atoms with Crippen molar-refractivity contribution >= 4 is 33.9 Å². The molecule has 19 heteroatoms. The Morgan fingerprint density at radius 1 is 0.568 bits per heavy atom. The van der Waals surface area contributed by atoms with Crippen LogP contribution in [-0.4, -0.2) is 77.4 Å². The molecule has 396 valence electrons. The molecule has 4 atom stereocenters. The SMILES string of the molecule is CC(C)(C)OC(=O)N1CC(c2ccc(C(F)(F)F)cc2)CC1c1ccc(C(=O)O)cc1.CCS(=O)(=O)c1ccc(CNC(=O)c2ccc(C3CC(c4ccc(C(F)(F)F)cc4)CN3C(=O)OC(C)(C)C)cc2)cc1. The molecule has 74 heavy (non-hydrogen) atoms. The molecule has 4 unspecified atom stereocenters. The lowest BCUT2D eigenvalue weighted by Crippen LogP contribution is -2.36. The predicted molar refractivity (Wildman–Crippen MR) is 264 cm³/mol. The van der Waals surface area contributed by atoms with Crippen molar-refractivity contribution in [2.24, 2.45) is 0 Å². The molecule has 7 rings (SSSR count). The van der Waals surface area contributed by atoms with Crippen LogP contribution in [0.4, 0.5) is 35.9 Å². The van der Waals surface area contributed by atoms with E-state index in [1.54, 1.807) is 107 Å². The van der Waals surface area contributed by atoms with E-state index in [1.807, 2.05) is 0 Å². The van der Waals surface area contributed by atoms with Gasteiger partial charge >= 0.3 is 30.5 Å². The van der Waals surface area contributed by atoms with Gasteiger partial charge in [0.15, 0.2) is 9.84 Å². The molecule has 0 bridgehead atoms. The van der Waals surface area contributed by atoms with E-state index in [0.29, 0.717) is 29.5 Å². The number of nitrogens with one attached hydrogen (secondary N) is 1. The summed E-state index contributed by atoms with van der Waals surface area (Å²) in [6.45, 7) is 12.9. The molecule has 2 heterocycles. The van der Waals surface area contributed by atoms with Crippen LogP contribution in [0, 0.1) is 0 Å². The molecule has 5 aromatic carbocycles. The molecular formula is C55H59F6N3O9S. The number of likely N-dealkylation sites (tertiary alicyclic amines) is 2. The van der Waals surface area contributed by atoms with E-state index in [0.717, 1.165) is 41.0 Å². The summed E-state index contributed by atoms with van der Waals surface area (Å²) >= 11 is 0. The van der Waals surface area contributed by atoms with Gasteiger partial charge < -0.3 is 29.7 Å². The third-order valence-electron chi connectivity index (χ3n) is 12.5. The van der Waals surface area contributed by atoms with E-state index in [1.165, 1.54) is 48.5 Å². The summed E-state index contributed by atoms with van der Waals surface area (Å²) in [6.07, 6.45) is -8.93. The van der Waals surface area contributed by atoms with Crippen molar-refractivity contribution in [1.82, 2.24) is 15.1 Å². The summed E-state index contributed by atoms with van der Waals surface area (Å²) in [7, 11) is -3.31. The van der Waals surface area contributed by atoms with Crippen LogP contribution in [0.2, 0.25) is 0 Å². The second kappa shape index (κ2) is 22.3. The fourth-order valence-corrected chi connectivity index (χ4v) is 9.57. The molecule has 0 aliphatic carbocycles. The zero-order valence-electron chi connectivity index (χ0n) is 41.9. The van der Waals surface area contributed by atoms with Gasteiger partial charge in [-0.25, -0.2) is 22.8 Å². The van der Waals surface area contributed by atoms with Crippen molar-refractivity contribution < 1.29 is 68.5 Å². The third kappa shape index (κ3) is 14.7. The number of hydrogen-bond donors (Lipinski definition) is 2. The summed E-state index contributed by atoms with van der Waals surface area (Å²) < 4.78 is 113. The molecule has 0 spiro atoms. The molecule has 0 radical (unpaired) electrons. The second-order valence-corrected chi connectivity index (χ2v) is 22.5. The normalized spacial score (nSPS) is 18.3. The van der Waals surface area contributed by atoms with Crippen LogP contribution < -0.4 is 5.32 Å². The Morgan fingerprint density at radius 3 is 1.27 bits per heavy atom. The molecular weight excluding hydrogens is 993 g/mol. The predicted octanol–water partition coefficient (Wildman–Crippen LogP) is 12.8. The monoisotopic (exact) mass is 1050 g/mol. The van der Waals surface area contributed by atoms with Gasteiger partial charge in [0.25, 0.3) is 5.91 Å². The number of aromatic carboxylic acids is 1. The molecule has 3 amide bonds. The van der Waals surface area contributed by atoms with Crippen LogP contribution >= 0.6 is 0 Å². The Hall–Kier alpha value is -6.89. The highest BCUT2D eigenvalue weighted by Crippen LogP contribution is 2.44. The summed E-state index contributed by atoms with van der Waals surface area (Å²) in [5.74, 6) is -1.76. The van der Waals surface area contributed by atoms with E-state index in [9.17, 15) is 53.9 Å². The molecule has 2 aliphatic rings. The number of carbonyl (C=O) groups excluding carboxylic acids is 3. The number of carbonyl (C=O) groups is 4. The summed E-state index contributed by atoms with van der Waals surface area (Å²) in [4.78, 5) is 53.3. The van der Waals surface area contributed by atoms with E-state index in [2.05, 4.69) is 5.32 Å². The molecule has 0 saturated carbocycles. The summed E-state index contributed by atoms with van der Waals surface area (Å²) in [6, 6.07) is 28.6. The van der Waals surface area contributed by atoms with Crippen molar-refractivity contribution in [2.75, 3.05) is 18.8 Å². The van der Waals surface area contributed by atoms with E-state index < -0.39 is 68.7 Å². The Bertz CT molecular complexity index is 2880. The van der Waals surface area contributed by atoms with Crippen molar-refractivity contribution in [3.8, 4) is 0 Å². The van der Waals surface area contributed by atoms with Crippen LogP contribution in [-0.2, 0) is 38.2 Å². The van der Waals surface area contributed by atoms with Gasteiger partial charge in [0.1, 0.15) is 11.2 Å². The first-order valence-corrected chi connectivity index (χ1v) is 25.4. The van der Waals surface area contributed by atoms with E-state index in [4.69, 9.17) is 14.6 Å². The maximum absolute atomic E-state index is 13.2. The van der Waals surface area contributed by atoms with Gasteiger partial charge in [-0.3, -0.25) is 4.79 Å². The fourth-order valence-electron chi connectivity index (χ4n) is 8.69. The number of carboxylic acid groups (broad SMARTS) is 1. The maximum Gasteiger partial charge on any atom is 0.416 e.